The number of benzene rings is 1. The van der Waals surface area contributed by atoms with E-state index in [1.165, 1.54) is 31.9 Å². The maximum absolute atomic E-state index is 12.1. The van der Waals surface area contributed by atoms with Crippen LogP contribution in [0.5, 0.6) is 5.75 Å². The monoisotopic (exact) mass is 306 g/mol. The van der Waals surface area contributed by atoms with Gasteiger partial charge in [0.2, 0.25) is 0 Å². The summed E-state index contributed by atoms with van der Waals surface area (Å²) >= 11 is 0. The number of anilines is 1. The molecule has 0 aliphatic heterocycles. The maximum Gasteiger partial charge on any atom is 0.573 e. The molecular weight excluding hydrogens is 289 g/mol. The average Bonchev–Trinajstić information content (AvgIpc) is 2.27. The van der Waals surface area contributed by atoms with Crippen molar-refractivity contribution in [2.75, 3.05) is 19.3 Å². The van der Waals surface area contributed by atoms with Gasteiger partial charge >= 0.3 is 6.36 Å². The molecule has 0 spiro atoms. The van der Waals surface area contributed by atoms with Gasteiger partial charge in [0, 0.05) is 19.2 Å². The zero-order valence-electron chi connectivity index (χ0n) is 11.9. The molecule has 118 valence electrons. The van der Waals surface area contributed by atoms with Crippen molar-refractivity contribution in [3.05, 3.63) is 23.8 Å². The standard InChI is InChI=1S/C13H17F3N2O3/c1-12(2,20)7-18(3)11(19)8-4-5-10(9(17)6-8)21-13(14,15)16/h4-6,20H,7,17H2,1-3H3. The second-order valence-corrected chi connectivity index (χ2v) is 5.27. The van der Waals surface area contributed by atoms with Crippen molar-refractivity contribution < 1.29 is 27.8 Å². The Labute approximate surface area is 120 Å². The third-order valence-corrected chi connectivity index (χ3v) is 2.45. The van der Waals surface area contributed by atoms with E-state index in [-0.39, 0.29) is 17.8 Å². The van der Waals surface area contributed by atoms with Crippen LogP contribution in [0.25, 0.3) is 0 Å². The molecule has 1 rings (SSSR count). The van der Waals surface area contributed by atoms with Crippen molar-refractivity contribution in [2.24, 2.45) is 0 Å². The molecular formula is C13H17F3N2O3. The summed E-state index contributed by atoms with van der Waals surface area (Å²) in [6.45, 7) is 3.13. The van der Waals surface area contributed by atoms with E-state index in [0.29, 0.717) is 0 Å². The van der Waals surface area contributed by atoms with E-state index in [9.17, 15) is 23.1 Å². The minimum Gasteiger partial charge on any atom is -0.404 e. The SMILES string of the molecule is CN(CC(C)(C)O)C(=O)c1ccc(OC(F)(F)F)c(N)c1. The van der Waals surface area contributed by atoms with E-state index in [1.807, 2.05) is 0 Å². The summed E-state index contributed by atoms with van der Waals surface area (Å²) in [7, 11) is 1.47. The topological polar surface area (TPSA) is 75.8 Å². The molecule has 21 heavy (non-hydrogen) atoms. The molecule has 1 amide bonds. The van der Waals surface area contributed by atoms with Gasteiger partial charge < -0.3 is 20.5 Å². The summed E-state index contributed by atoms with van der Waals surface area (Å²) < 4.78 is 40.1. The summed E-state index contributed by atoms with van der Waals surface area (Å²) in [6.07, 6.45) is -4.85. The quantitative estimate of drug-likeness (QED) is 0.834. The normalized spacial score (nSPS) is 12.1. The summed E-state index contributed by atoms with van der Waals surface area (Å²) in [5, 5.41) is 9.65. The minimum atomic E-state index is -4.85. The Morgan fingerprint density at radius 1 is 1.38 bits per heavy atom. The summed E-state index contributed by atoms with van der Waals surface area (Å²) in [5.74, 6) is -1.04. The Morgan fingerprint density at radius 3 is 2.38 bits per heavy atom. The van der Waals surface area contributed by atoms with Gasteiger partial charge in [-0.05, 0) is 32.0 Å². The smallest absolute Gasteiger partial charge is 0.404 e. The number of amides is 1. The number of hydrogen-bond acceptors (Lipinski definition) is 4. The van der Waals surface area contributed by atoms with E-state index in [1.54, 1.807) is 0 Å². The van der Waals surface area contributed by atoms with E-state index < -0.39 is 23.6 Å². The number of likely N-dealkylation sites (N-methyl/N-ethyl adjacent to an activating group) is 1. The summed E-state index contributed by atoms with van der Waals surface area (Å²) in [4.78, 5) is 13.3. The number of rotatable bonds is 4. The number of nitrogen functional groups attached to an aromatic ring is 1. The van der Waals surface area contributed by atoms with Gasteiger partial charge in [-0.15, -0.1) is 13.2 Å². The fourth-order valence-electron chi connectivity index (χ4n) is 1.77. The van der Waals surface area contributed by atoms with Gasteiger partial charge in [0.25, 0.3) is 5.91 Å². The predicted octanol–water partition coefficient (Wildman–Crippen LogP) is 2.01. The Kier molecular flexibility index (Phi) is 4.72. The highest BCUT2D eigenvalue weighted by molar-refractivity contribution is 5.95. The van der Waals surface area contributed by atoms with Gasteiger partial charge in [0.15, 0.2) is 5.75 Å². The fourth-order valence-corrected chi connectivity index (χ4v) is 1.77. The fraction of sp³-hybridized carbons (Fsp3) is 0.462. The lowest BCUT2D eigenvalue weighted by atomic mass is 10.1. The van der Waals surface area contributed by atoms with Crippen LogP contribution in [0.4, 0.5) is 18.9 Å². The molecule has 1 aromatic carbocycles. The molecule has 0 bridgehead atoms. The number of ether oxygens (including phenoxy) is 1. The third kappa shape index (κ3) is 5.50. The lowest BCUT2D eigenvalue weighted by molar-refractivity contribution is -0.274. The molecule has 0 unspecified atom stereocenters. The van der Waals surface area contributed by atoms with E-state index in [4.69, 9.17) is 5.73 Å². The van der Waals surface area contributed by atoms with Gasteiger partial charge in [0.05, 0.1) is 11.3 Å². The van der Waals surface area contributed by atoms with Crippen LogP contribution in [-0.2, 0) is 0 Å². The highest BCUT2D eigenvalue weighted by Gasteiger charge is 2.32. The van der Waals surface area contributed by atoms with Gasteiger partial charge in [-0.2, -0.15) is 0 Å². The lowest BCUT2D eigenvalue weighted by Crippen LogP contribution is -2.39. The first kappa shape index (κ1) is 17.1. The van der Waals surface area contributed by atoms with Crippen LogP contribution in [0, 0.1) is 0 Å². The minimum absolute atomic E-state index is 0.0620. The first-order valence-corrected chi connectivity index (χ1v) is 6.02. The third-order valence-electron chi connectivity index (χ3n) is 2.45. The maximum atomic E-state index is 12.1. The molecule has 0 radical (unpaired) electrons. The van der Waals surface area contributed by atoms with Crippen molar-refractivity contribution in [1.82, 2.24) is 4.90 Å². The number of alkyl halides is 3. The molecule has 0 aliphatic carbocycles. The molecule has 0 fully saturated rings. The average molecular weight is 306 g/mol. The lowest BCUT2D eigenvalue weighted by Gasteiger charge is -2.25. The largest absolute Gasteiger partial charge is 0.573 e. The molecule has 3 N–H and O–H groups in total. The van der Waals surface area contributed by atoms with Crippen LogP contribution in [0.3, 0.4) is 0 Å². The van der Waals surface area contributed by atoms with Crippen LogP contribution in [-0.4, -0.2) is 41.5 Å². The number of hydrogen-bond donors (Lipinski definition) is 2. The van der Waals surface area contributed by atoms with Gasteiger partial charge in [0.1, 0.15) is 0 Å². The summed E-state index contributed by atoms with van der Waals surface area (Å²) in [6, 6.07) is 3.26. The second-order valence-electron chi connectivity index (χ2n) is 5.27. The molecule has 0 saturated carbocycles. The first-order valence-electron chi connectivity index (χ1n) is 6.02. The van der Waals surface area contributed by atoms with Crippen molar-refractivity contribution in [2.45, 2.75) is 25.8 Å². The Morgan fingerprint density at radius 2 is 1.95 bits per heavy atom. The molecule has 0 aromatic heterocycles. The van der Waals surface area contributed by atoms with Crippen molar-refractivity contribution in [1.29, 1.82) is 0 Å². The number of halogens is 3. The molecule has 0 aliphatic rings. The van der Waals surface area contributed by atoms with E-state index in [2.05, 4.69) is 4.74 Å². The summed E-state index contributed by atoms with van der Waals surface area (Å²) in [5.41, 5.74) is 4.17. The number of carbonyl (C=O) groups is 1. The van der Waals surface area contributed by atoms with Crippen LogP contribution in [0.2, 0.25) is 0 Å². The predicted molar refractivity (Wildman–Crippen MR) is 70.8 cm³/mol. The van der Waals surface area contributed by atoms with E-state index >= 15 is 0 Å². The Bertz CT molecular complexity index is 524. The molecule has 1 aromatic rings. The Hall–Kier alpha value is -1.96. The molecule has 8 heteroatoms. The van der Waals surface area contributed by atoms with Gasteiger partial charge in [-0.3, -0.25) is 4.79 Å². The number of nitrogens with two attached hydrogens (primary N) is 1. The number of carbonyl (C=O) groups excluding carboxylic acids is 1. The van der Waals surface area contributed by atoms with Gasteiger partial charge in [-0.1, -0.05) is 0 Å². The Balaban J connectivity index is 2.91. The molecule has 5 nitrogen and oxygen atoms in total. The first-order chi connectivity index (χ1) is 9.39. The molecule has 0 saturated heterocycles. The zero-order chi connectivity index (χ0) is 16.4. The second kappa shape index (κ2) is 5.80. The van der Waals surface area contributed by atoms with Crippen LogP contribution < -0.4 is 10.5 Å². The van der Waals surface area contributed by atoms with Crippen molar-refractivity contribution >= 4 is 11.6 Å². The van der Waals surface area contributed by atoms with Crippen molar-refractivity contribution in [3.63, 3.8) is 0 Å². The van der Waals surface area contributed by atoms with Crippen LogP contribution >= 0.6 is 0 Å². The highest BCUT2D eigenvalue weighted by atomic mass is 19.4. The number of aliphatic hydroxyl groups is 1. The van der Waals surface area contributed by atoms with Crippen molar-refractivity contribution in [3.8, 4) is 5.75 Å². The molecule has 0 atom stereocenters. The number of nitrogens with zero attached hydrogens (tertiary/aromatic N) is 1. The van der Waals surface area contributed by atoms with Gasteiger partial charge in [-0.25, -0.2) is 0 Å². The highest BCUT2D eigenvalue weighted by Crippen LogP contribution is 2.29. The van der Waals surface area contributed by atoms with Crippen LogP contribution in [0.1, 0.15) is 24.2 Å². The van der Waals surface area contributed by atoms with E-state index in [0.717, 1.165) is 12.1 Å². The van der Waals surface area contributed by atoms with Crippen LogP contribution in [0.15, 0.2) is 18.2 Å². The zero-order valence-corrected chi connectivity index (χ0v) is 11.9. The molecule has 0 heterocycles.